The molecule has 1 aromatic rings. The van der Waals surface area contributed by atoms with Crippen molar-refractivity contribution in [3.05, 3.63) is 16.6 Å². The SMILES string of the molecule is Cc1c[nH+]cs1.[I-]. The van der Waals surface area contributed by atoms with Gasteiger partial charge in [0.15, 0.2) is 6.20 Å². The number of halogens is 1. The number of thiazole rings is 1. The fraction of sp³-hybridized carbons (Fsp3) is 0.250. The van der Waals surface area contributed by atoms with Crippen LogP contribution in [0.2, 0.25) is 0 Å². The van der Waals surface area contributed by atoms with Crippen molar-refractivity contribution in [3.63, 3.8) is 0 Å². The van der Waals surface area contributed by atoms with E-state index in [9.17, 15) is 0 Å². The average Bonchev–Trinajstić information content (AvgIpc) is 1.86. The van der Waals surface area contributed by atoms with Crippen molar-refractivity contribution in [1.82, 2.24) is 0 Å². The Balaban J connectivity index is 0.000000360. The Kier molecular flexibility index (Phi) is 3.55. The number of aryl methyl sites for hydroxylation is 1. The Hall–Kier alpha value is 0.360. The number of aromatic amines is 1. The standard InChI is InChI=1S/C4H5NS.HI/c1-4-2-5-3-6-4;/h2-3H,1H3;1H. The lowest BCUT2D eigenvalue weighted by Crippen LogP contribution is -3.00. The van der Waals surface area contributed by atoms with Gasteiger partial charge in [-0.15, -0.1) is 0 Å². The molecule has 40 valence electrons. The van der Waals surface area contributed by atoms with E-state index in [1.54, 1.807) is 11.3 Å². The molecular weight excluding hydrogens is 221 g/mol. The number of hydrogen-bond donors (Lipinski definition) is 0. The van der Waals surface area contributed by atoms with Crippen LogP contribution in [0.3, 0.4) is 0 Å². The first-order chi connectivity index (χ1) is 2.89. The summed E-state index contributed by atoms with van der Waals surface area (Å²) >= 11 is 1.72. The van der Waals surface area contributed by atoms with Crippen LogP contribution in [0.1, 0.15) is 4.88 Å². The van der Waals surface area contributed by atoms with Crippen LogP contribution in [-0.2, 0) is 0 Å². The minimum atomic E-state index is 0. The summed E-state index contributed by atoms with van der Waals surface area (Å²) in [5, 5.41) is 0. The first-order valence-electron chi connectivity index (χ1n) is 1.81. The van der Waals surface area contributed by atoms with E-state index < -0.39 is 0 Å². The minimum Gasteiger partial charge on any atom is -1.00 e. The number of nitrogens with one attached hydrogen (secondary N) is 1. The van der Waals surface area contributed by atoms with Gasteiger partial charge in [-0.2, -0.15) is 0 Å². The molecule has 0 unspecified atom stereocenters. The molecular formula is C4H6INS. The highest BCUT2D eigenvalue weighted by atomic mass is 127. The van der Waals surface area contributed by atoms with Crippen LogP contribution in [0.5, 0.6) is 0 Å². The van der Waals surface area contributed by atoms with Gasteiger partial charge in [0.05, 0.1) is 4.88 Å². The van der Waals surface area contributed by atoms with E-state index in [-0.39, 0.29) is 24.0 Å². The molecule has 0 aliphatic rings. The number of H-pyrrole nitrogens is 1. The summed E-state index contributed by atoms with van der Waals surface area (Å²) in [5.74, 6) is 0. The van der Waals surface area contributed by atoms with Crippen LogP contribution in [0.4, 0.5) is 0 Å². The summed E-state index contributed by atoms with van der Waals surface area (Å²) in [6.45, 7) is 2.07. The lowest BCUT2D eigenvalue weighted by atomic mass is 10.7. The lowest BCUT2D eigenvalue weighted by molar-refractivity contribution is -0.371. The predicted molar refractivity (Wildman–Crippen MR) is 25.6 cm³/mol. The maximum Gasteiger partial charge on any atom is 0.223 e. The van der Waals surface area contributed by atoms with Gasteiger partial charge in [0.1, 0.15) is 0 Å². The molecule has 0 aliphatic heterocycles. The van der Waals surface area contributed by atoms with E-state index in [0.29, 0.717) is 0 Å². The van der Waals surface area contributed by atoms with Crippen molar-refractivity contribution in [2.75, 3.05) is 0 Å². The quantitative estimate of drug-likeness (QED) is 0.450. The predicted octanol–water partition coefficient (Wildman–Crippen LogP) is -2.13. The van der Waals surface area contributed by atoms with Crippen molar-refractivity contribution in [2.45, 2.75) is 6.92 Å². The molecule has 0 amide bonds. The molecule has 0 aliphatic carbocycles. The highest BCUT2D eigenvalue weighted by Gasteiger charge is 1.83. The summed E-state index contributed by atoms with van der Waals surface area (Å²) < 4.78 is 0. The van der Waals surface area contributed by atoms with Crippen LogP contribution in [-0.4, -0.2) is 0 Å². The van der Waals surface area contributed by atoms with Crippen molar-refractivity contribution in [2.24, 2.45) is 0 Å². The second kappa shape index (κ2) is 3.37. The molecule has 1 heterocycles. The van der Waals surface area contributed by atoms with Crippen molar-refractivity contribution in [3.8, 4) is 0 Å². The third kappa shape index (κ3) is 2.23. The van der Waals surface area contributed by atoms with Crippen molar-refractivity contribution < 1.29 is 29.0 Å². The van der Waals surface area contributed by atoms with E-state index in [1.165, 1.54) is 4.88 Å². The molecule has 0 spiro atoms. The molecule has 1 nitrogen and oxygen atoms in total. The zero-order valence-electron chi connectivity index (χ0n) is 3.94. The topological polar surface area (TPSA) is 14.1 Å². The Morgan fingerprint density at radius 1 is 1.71 bits per heavy atom. The Labute approximate surface area is 63.8 Å². The smallest absolute Gasteiger partial charge is 0.223 e. The zero-order valence-corrected chi connectivity index (χ0v) is 6.91. The summed E-state index contributed by atoms with van der Waals surface area (Å²) in [6.07, 6.45) is 1.98. The average molecular weight is 227 g/mol. The molecule has 0 atom stereocenters. The van der Waals surface area contributed by atoms with Gasteiger partial charge in [-0.25, -0.2) is 4.98 Å². The van der Waals surface area contributed by atoms with Crippen molar-refractivity contribution in [1.29, 1.82) is 0 Å². The van der Waals surface area contributed by atoms with E-state index >= 15 is 0 Å². The van der Waals surface area contributed by atoms with E-state index in [0.717, 1.165) is 0 Å². The molecule has 0 radical (unpaired) electrons. The van der Waals surface area contributed by atoms with Gasteiger partial charge < -0.3 is 24.0 Å². The van der Waals surface area contributed by atoms with E-state index in [4.69, 9.17) is 0 Å². The van der Waals surface area contributed by atoms with Gasteiger partial charge in [0.2, 0.25) is 5.51 Å². The van der Waals surface area contributed by atoms with Gasteiger partial charge in [-0.05, 0) is 6.92 Å². The fourth-order valence-electron chi connectivity index (χ4n) is 0.312. The molecule has 0 bridgehead atoms. The second-order valence-electron chi connectivity index (χ2n) is 1.16. The van der Waals surface area contributed by atoms with E-state index in [2.05, 4.69) is 11.9 Å². The highest BCUT2D eigenvalue weighted by Crippen LogP contribution is 1.96. The van der Waals surface area contributed by atoms with Crippen molar-refractivity contribution >= 4 is 11.3 Å². The second-order valence-corrected chi connectivity index (χ2v) is 2.27. The van der Waals surface area contributed by atoms with E-state index in [1.807, 2.05) is 11.7 Å². The Bertz CT molecular complexity index is 115. The molecule has 1 N–H and O–H groups in total. The van der Waals surface area contributed by atoms with Crippen LogP contribution in [0, 0.1) is 6.92 Å². The molecule has 7 heavy (non-hydrogen) atoms. The molecule has 0 saturated heterocycles. The van der Waals surface area contributed by atoms with Crippen LogP contribution in [0.15, 0.2) is 11.7 Å². The molecule has 0 fully saturated rings. The van der Waals surface area contributed by atoms with Gasteiger partial charge in [0.25, 0.3) is 0 Å². The zero-order chi connectivity index (χ0) is 4.41. The number of aromatic nitrogens is 1. The molecule has 0 saturated carbocycles. The largest absolute Gasteiger partial charge is 1.00 e. The first kappa shape index (κ1) is 7.36. The summed E-state index contributed by atoms with van der Waals surface area (Å²) in [6, 6.07) is 0. The fourth-order valence-corrected chi connectivity index (χ4v) is 0.770. The minimum absolute atomic E-state index is 0. The van der Waals surface area contributed by atoms with Crippen LogP contribution >= 0.6 is 11.3 Å². The monoisotopic (exact) mass is 227 g/mol. The highest BCUT2D eigenvalue weighted by molar-refractivity contribution is 7.09. The number of rotatable bonds is 0. The van der Waals surface area contributed by atoms with Crippen LogP contribution in [0.25, 0.3) is 0 Å². The van der Waals surface area contributed by atoms with Gasteiger partial charge in [-0.1, -0.05) is 11.3 Å². The van der Waals surface area contributed by atoms with Gasteiger partial charge in [0, 0.05) is 0 Å². The van der Waals surface area contributed by atoms with Gasteiger partial charge >= 0.3 is 0 Å². The van der Waals surface area contributed by atoms with Crippen LogP contribution < -0.4 is 29.0 Å². The third-order valence-corrected chi connectivity index (χ3v) is 1.34. The maximum atomic E-state index is 2.95. The number of hydrogen-bond acceptors (Lipinski definition) is 1. The summed E-state index contributed by atoms with van der Waals surface area (Å²) in [4.78, 5) is 4.28. The summed E-state index contributed by atoms with van der Waals surface area (Å²) in [5.41, 5.74) is 1.95. The molecule has 3 heteroatoms. The summed E-state index contributed by atoms with van der Waals surface area (Å²) in [7, 11) is 0. The first-order valence-corrected chi connectivity index (χ1v) is 2.69. The third-order valence-electron chi connectivity index (χ3n) is 0.599. The maximum absolute atomic E-state index is 2.95. The molecule has 1 rings (SSSR count). The normalized spacial score (nSPS) is 7.57. The molecule has 0 aromatic carbocycles. The Morgan fingerprint density at radius 2 is 2.43 bits per heavy atom. The lowest BCUT2D eigenvalue weighted by Gasteiger charge is -1.57. The van der Waals surface area contributed by atoms with Gasteiger partial charge in [-0.3, -0.25) is 0 Å². The Morgan fingerprint density at radius 3 is 2.57 bits per heavy atom. The molecule has 1 aromatic heterocycles.